The average molecular weight is 380 g/mol. The lowest BCUT2D eigenvalue weighted by Gasteiger charge is -2.23. The van der Waals surface area contributed by atoms with Crippen molar-refractivity contribution >= 4 is 17.6 Å². The van der Waals surface area contributed by atoms with Crippen LogP contribution < -0.4 is 9.64 Å². The van der Waals surface area contributed by atoms with Gasteiger partial charge in [0.1, 0.15) is 5.75 Å². The maximum Gasteiger partial charge on any atom is 0.316 e. The van der Waals surface area contributed by atoms with Gasteiger partial charge >= 0.3 is 5.97 Å². The molecule has 1 fully saturated rings. The number of anilines is 1. The molecule has 1 heterocycles. The molecule has 0 radical (unpaired) electrons. The third-order valence-corrected chi connectivity index (χ3v) is 6.06. The smallest absolute Gasteiger partial charge is 0.316 e. The minimum absolute atomic E-state index is 0.0318. The van der Waals surface area contributed by atoms with Crippen molar-refractivity contribution in [2.24, 2.45) is 5.92 Å². The molecule has 1 saturated heterocycles. The SMILES string of the molecule is CCC(C)(C)c1ccc(OC(=O)[C@@H]2CC(=O)N(c3cccc(C)c3C)C2)cc1. The lowest BCUT2D eigenvalue weighted by atomic mass is 9.82. The molecule has 4 heteroatoms. The Morgan fingerprint density at radius 1 is 1.14 bits per heavy atom. The van der Waals surface area contributed by atoms with E-state index in [1.807, 2.05) is 56.3 Å². The van der Waals surface area contributed by atoms with E-state index in [2.05, 4.69) is 20.8 Å². The van der Waals surface area contributed by atoms with Crippen LogP contribution in [0.4, 0.5) is 5.69 Å². The van der Waals surface area contributed by atoms with Crippen LogP contribution in [0.25, 0.3) is 0 Å². The van der Waals surface area contributed by atoms with Crippen molar-refractivity contribution in [3.05, 3.63) is 59.2 Å². The number of carbonyl (C=O) groups excluding carboxylic acids is 2. The summed E-state index contributed by atoms with van der Waals surface area (Å²) in [6.45, 7) is 10.9. The Balaban J connectivity index is 1.69. The first kappa shape index (κ1) is 20.1. The number of hydrogen-bond acceptors (Lipinski definition) is 3. The van der Waals surface area contributed by atoms with Gasteiger partial charge in [-0.05, 0) is 60.6 Å². The zero-order valence-electron chi connectivity index (χ0n) is 17.4. The largest absolute Gasteiger partial charge is 0.426 e. The summed E-state index contributed by atoms with van der Waals surface area (Å²) in [5.41, 5.74) is 4.39. The number of benzene rings is 2. The van der Waals surface area contributed by atoms with E-state index in [4.69, 9.17) is 4.74 Å². The molecule has 0 bridgehead atoms. The first-order valence-corrected chi connectivity index (χ1v) is 9.91. The van der Waals surface area contributed by atoms with Gasteiger partial charge in [0.05, 0.1) is 5.92 Å². The Morgan fingerprint density at radius 3 is 2.46 bits per heavy atom. The minimum Gasteiger partial charge on any atom is -0.426 e. The molecule has 0 aromatic heterocycles. The van der Waals surface area contributed by atoms with Crippen LogP contribution in [0.5, 0.6) is 5.75 Å². The summed E-state index contributed by atoms with van der Waals surface area (Å²) in [5, 5.41) is 0. The summed E-state index contributed by atoms with van der Waals surface area (Å²) >= 11 is 0. The fraction of sp³-hybridized carbons (Fsp3) is 0.417. The third kappa shape index (κ3) is 3.96. The van der Waals surface area contributed by atoms with Crippen molar-refractivity contribution in [2.45, 2.75) is 52.9 Å². The van der Waals surface area contributed by atoms with E-state index in [-0.39, 0.29) is 23.7 Å². The number of carbonyl (C=O) groups is 2. The highest BCUT2D eigenvalue weighted by molar-refractivity contribution is 6.00. The van der Waals surface area contributed by atoms with Crippen LogP contribution in [0, 0.1) is 19.8 Å². The van der Waals surface area contributed by atoms with Crippen molar-refractivity contribution in [2.75, 3.05) is 11.4 Å². The molecule has 0 spiro atoms. The Morgan fingerprint density at radius 2 is 1.82 bits per heavy atom. The van der Waals surface area contributed by atoms with Crippen molar-refractivity contribution < 1.29 is 14.3 Å². The first-order chi connectivity index (χ1) is 13.2. The highest BCUT2D eigenvalue weighted by Gasteiger charge is 2.37. The van der Waals surface area contributed by atoms with Gasteiger partial charge in [-0.25, -0.2) is 0 Å². The molecule has 1 atom stereocenters. The normalized spacial score (nSPS) is 17.1. The van der Waals surface area contributed by atoms with Gasteiger partial charge in [0, 0.05) is 18.7 Å². The van der Waals surface area contributed by atoms with E-state index >= 15 is 0 Å². The minimum atomic E-state index is -0.445. The van der Waals surface area contributed by atoms with Crippen molar-refractivity contribution in [3.8, 4) is 5.75 Å². The molecule has 1 aliphatic heterocycles. The van der Waals surface area contributed by atoms with E-state index in [0.29, 0.717) is 12.3 Å². The van der Waals surface area contributed by atoms with Gasteiger partial charge in [0.15, 0.2) is 0 Å². The average Bonchev–Trinajstić information content (AvgIpc) is 3.06. The molecule has 0 unspecified atom stereocenters. The molecule has 0 N–H and O–H groups in total. The molecule has 4 nitrogen and oxygen atoms in total. The highest BCUT2D eigenvalue weighted by atomic mass is 16.5. The molecule has 2 aromatic rings. The molecule has 3 rings (SSSR count). The van der Waals surface area contributed by atoms with Crippen LogP contribution in [0.1, 0.15) is 50.3 Å². The summed E-state index contributed by atoms with van der Waals surface area (Å²) < 4.78 is 5.57. The molecule has 148 valence electrons. The summed E-state index contributed by atoms with van der Waals surface area (Å²) in [6, 6.07) is 13.6. The van der Waals surface area contributed by atoms with E-state index in [1.165, 1.54) is 5.56 Å². The predicted octanol–water partition coefficient (Wildman–Crippen LogP) is 4.95. The number of nitrogens with zero attached hydrogens (tertiary/aromatic N) is 1. The second-order valence-electron chi connectivity index (χ2n) is 8.31. The lowest BCUT2D eigenvalue weighted by Crippen LogP contribution is -2.28. The number of amides is 1. The quantitative estimate of drug-likeness (QED) is 0.545. The Hall–Kier alpha value is -2.62. The molecular formula is C24H29NO3. The van der Waals surface area contributed by atoms with Crippen LogP contribution in [-0.4, -0.2) is 18.4 Å². The van der Waals surface area contributed by atoms with Crippen LogP contribution in [-0.2, 0) is 15.0 Å². The van der Waals surface area contributed by atoms with Crippen molar-refractivity contribution in [1.29, 1.82) is 0 Å². The third-order valence-electron chi connectivity index (χ3n) is 6.06. The molecule has 28 heavy (non-hydrogen) atoms. The fourth-order valence-electron chi connectivity index (χ4n) is 3.50. The molecule has 1 aliphatic rings. The van der Waals surface area contributed by atoms with Gasteiger partial charge in [-0.1, -0.05) is 45.0 Å². The van der Waals surface area contributed by atoms with Gasteiger partial charge in [-0.2, -0.15) is 0 Å². The highest BCUT2D eigenvalue weighted by Crippen LogP contribution is 2.31. The molecule has 0 aliphatic carbocycles. The van der Waals surface area contributed by atoms with Gasteiger partial charge in [0.2, 0.25) is 5.91 Å². The predicted molar refractivity (Wildman–Crippen MR) is 112 cm³/mol. The summed E-state index contributed by atoms with van der Waals surface area (Å²) in [5.74, 6) is -0.295. The number of hydrogen-bond donors (Lipinski definition) is 0. The topological polar surface area (TPSA) is 46.6 Å². The van der Waals surface area contributed by atoms with Crippen LogP contribution in [0.15, 0.2) is 42.5 Å². The van der Waals surface area contributed by atoms with Crippen molar-refractivity contribution in [3.63, 3.8) is 0 Å². The number of aryl methyl sites for hydroxylation is 1. The Labute approximate surface area is 167 Å². The fourth-order valence-corrected chi connectivity index (χ4v) is 3.50. The van der Waals surface area contributed by atoms with Gasteiger partial charge in [-0.15, -0.1) is 0 Å². The van der Waals surface area contributed by atoms with E-state index in [1.54, 1.807) is 4.90 Å². The van der Waals surface area contributed by atoms with Gasteiger partial charge in [0.25, 0.3) is 0 Å². The summed E-state index contributed by atoms with van der Waals surface area (Å²) in [6.07, 6.45) is 1.22. The number of ether oxygens (including phenoxy) is 1. The van der Waals surface area contributed by atoms with Gasteiger partial charge in [-0.3, -0.25) is 9.59 Å². The maximum absolute atomic E-state index is 12.6. The molecule has 2 aromatic carbocycles. The molecular weight excluding hydrogens is 350 g/mol. The second-order valence-corrected chi connectivity index (χ2v) is 8.31. The van der Waals surface area contributed by atoms with Crippen LogP contribution >= 0.6 is 0 Å². The van der Waals surface area contributed by atoms with Gasteiger partial charge < -0.3 is 9.64 Å². The Bertz CT molecular complexity index is 883. The zero-order chi connectivity index (χ0) is 20.5. The Kier molecular flexibility index (Phi) is 5.59. The summed E-state index contributed by atoms with van der Waals surface area (Å²) in [7, 11) is 0. The van der Waals surface area contributed by atoms with Crippen LogP contribution in [0.3, 0.4) is 0 Å². The van der Waals surface area contributed by atoms with E-state index < -0.39 is 5.92 Å². The summed E-state index contributed by atoms with van der Waals surface area (Å²) in [4.78, 5) is 26.8. The maximum atomic E-state index is 12.6. The first-order valence-electron chi connectivity index (χ1n) is 9.91. The lowest BCUT2D eigenvalue weighted by molar-refractivity contribution is -0.139. The monoisotopic (exact) mass is 379 g/mol. The number of esters is 1. The molecule has 1 amide bonds. The van der Waals surface area contributed by atoms with Crippen molar-refractivity contribution in [1.82, 2.24) is 0 Å². The van der Waals surface area contributed by atoms with E-state index in [9.17, 15) is 9.59 Å². The van der Waals surface area contributed by atoms with E-state index in [0.717, 1.165) is 23.2 Å². The zero-order valence-corrected chi connectivity index (χ0v) is 17.4. The second kappa shape index (κ2) is 7.78. The van der Waals surface area contributed by atoms with Crippen LogP contribution in [0.2, 0.25) is 0 Å². The molecule has 0 saturated carbocycles. The standard InChI is InChI=1S/C24H29NO3/c1-6-24(4,5)19-10-12-20(13-11-19)28-23(27)18-14-22(26)25(15-18)21-9-7-8-16(2)17(21)3/h7-13,18H,6,14-15H2,1-5H3/t18-/m1/s1. The number of rotatable bonds is 5.